The van der Waals surface area contributed by atoms with Crippen molar-refractivity contribution in [2.75, 3.05) is 24.0 Å². The minimum Gasteiger partial charge on any atom is -0.490 e. The van der Waals surface area contributed by atoms with Crippen molar-refractivity contribution in [3.8, 4) is 5.75 Å². The van der Waals surface area contributed by atoms with Crippen molar-refractivity contribution >= 4 is 23.0 Å². The number of ether oxygens (including phenoxy) is 1. The molecule has 0 atom stereocenters. The van der Waals surface area contributed by atoms with Crippen molar-refractivity contribution < 1.29 is 4.74 Å². The highest BCUT2D eigenvalue weighted by Gasteiger charge is 2.23. The van der Waals surface area contributed by atoms with Crippen LogP contribution in [0.15, 0.2) is 17.8 Å². The Labute approximate surface area is 115 Å². The topological polar surface area (TPSA) is 76.3 Å². The number of hydrogen-bond acceptors (Lipinski definition) is 7. The van der Waals surface area contributed by atoms with Crippen LogP contribution in [0.2, 0.25) is 0 Å². The van der Waals surface area contributed by atoms with Gasteiger partial charge in [-0.3, -0.25) is 0 Å². The Morgan fingerprint density at radius 3 is 3.16 bits per heavy atom. The van der Waals surface area contributed by atoms with Crippen molar-refractivity contribution in [3.05, 3.63) is 28.2 Å². The molecule has 7 heteroatoms. The Kier molecular flexibility index (Phi) is 3.22. The minimum absolute atomic E-state index is 0.503. The molecular formula is C12H15N5OS. The third kappa shape index (κ3) is 2.11. The molecule has 0 amide bonds. The van der Waals surface area contributed by atoms with E-state index in [1.807, 2.05) is 11.3 Å². The fourth-order valence-corrected chi connectivity index (χ4v) is 3.20. The van der Waals surface area contributed by atoms with E-state index in [2.05, 4.69) is 31.7 Å². The lowest BCUT2D eigenvalue weighted by molar-refractivity contribution is 0.411. The second kappa shape index (κ2) is 5.02. The van der Waals surface area contributed by atoms with Gasteiger partial charge in [0.25, 0.3) is 0 Å². The van der Waals surface area contributed by atoms with Gasteiger partial charge < -0.3 is 15.1 Å². The number of nitrogens with zero attached hydrogens (tertiary/aromatic N) is 3. The summed E-state index contributed by atoms with van der Waals surface area (Å²) in [6.07, 6.45) is 2.53. The van der Waals surface area contributed by atoms with E-state index in [0.717, 1.165) is 25.3 Å². The van der Waals surface area contributed by atoms with Gasteiger partial charge in [0.15, 0.2) is 11.6 Å². The van der Waals surface area contributed by atoms with Crippen LogP contribution in [0, 0.1) is 0 Å². The molecule has 6 nitrogen and oxygen atoms in total. The molecule has 2 aromatic heterocycles. The molecule has 0 aliphatic carbocycles. The first-order chi connectivity index (χ1) is 9.33. The number of nitrogen functional groups attached to an aromatic ring is 1. The lowest BCUT2D eigenvalue weighted by Crippen LogP contribution is -2.30. The summed E-state index contributed by atoms with van der Waals surface area (Å²) < 4.78 is 5.38. The lowest BCUT2D eigenvalue weighted by Gasteiger charge is -2.29. The summed E-state index contributed by atoms with van der Waals surface area (Å²) in [6.45, 7) is 1.76. The maximum atomic E-state index is 5.45. The Bertz CT molecular complexity index is 585. The van der Waals surface area contributed by atoms with Crippen LogP contribution in [0.5, 0.6) is 5.75 Å². The van der Waals surface area contributed by atoms with E-state index < -0.39 is 0 Å². The van der Waals surface area contributed by atoms with Crippen LogP contribution in [0.25, 0.3) is 0 Å². The summed E-state index contributed by atoms with van der Waals surface area (Å²) in [5.74, 6) is 7.32. The van der Waals surface area contributed by atoms with E-state index >= 15 is 0 Å². The summed E-state index contributed by atoms with van der Waals surface area (Å²) in [6, 6.07) is 2.17. The number of thiophene rings is 1. The highest BCUT2D eigenvalue weighted by atomic mass is 32.1. The molecule has 0 saturated heterocycles. The molecule has 3 N–H and O–H groups in total. The Morgan fingerprint density at radius 1 is 1.47 bits per heavy atom. The first-order valence-corrected chi connectivity index (χ1v) is 6.87. The molecular weight excluding hydrogens is 262 g/mol. The van der Waals surface area contributed by atoms with Gasteiger partial charge in [0, 0.05) is 18.0 Å². The largest absolute Gasteiger partial charge is 0.490 e. The number of rotatable bonds is 3. The van der Waals surface area contributed by atoms with Gasteiger partial charge in [0.1, 0.15) is 6.33 Å². The van der Waals surface area contributed by atoms with Gasteiger partial charge in [-0.05, 0) is 23.4 Å². The number of hydrogen-bond donors (Lipinski definition) is 2. The quantitative estimate of drug-likeness (QED) is 0.652. The summed E-state index contributed by atoms with van der Waals surface area (Å²) in [5.41, 5.74) is 3.90. The van der Waals surface area contributed by atoms with E-state index in [0.29, 0.717) is 11.6 Å². The van der Waals surface area contributed by atoms with E-state index in [1.165, 1.54) is 16.8 Å². The molecule has 19 heavy (non-hydrogen) atoms. The molecule has 0 aromatic carbocycles. The molecule has 1 aliphatic heterocycles. The van der Waals surface area contributed by atoms with Crippen LogP contribution >= 0.6 is 11.3 Å². The second-order valence-corrected chi connectivity index (χ2v) is 5.26. The number of hydrazine groups is 1. The fourth-order valence-electron chi connectivity index (χ4n) is 2.31. The van der Waals surface area contributed by atoms with Crippen molar-refractivity contribution in [2.24, 2.45) is 5.84 Å². The average molecular weight is 277 g/mol. The van der Waals surface area contributed by atoms with E-state index in [4.69, 9.17) is 10.6 Å². The summed E-state index contributed by atoms with van der Waals surface area (Å²) >= 11 is 1.82. The van der Waals surface area contributed by atoms with Crippen molar-refractivity contribution in [2.45, 2.75) is 13.0 Å². The van der Waals surface area contributed by atoms with Gasteiger partial charge in [0.05, 0.1) is 7.11 Å². The van der Waals surface area contributed by atoms with Crippen LogP contribution in [-0.4, -0.2) is 23.6 Å². The molecule has 100 valence electrons. The van der Waals surface area contributed by atoms with Crippen LogP contribution in [-0.2, 0) is 13.0 Å². The number of anilines is 2. The normalized spacial score (nSPS) is 14.1. The number of aromatic nitrogens is 2. The number of nitrogens with two attached hydrogens (primary N) is 1. The number of fused-ring (bicyclic) bond motifs is 1. The lowest BCUT2D eigenvalue weighted by atomic mass is 10.1. The fraction of sp³-hybridized carbons (Fsp3) is 0.333. The smallest absolute Gasteiger partial charge is 0.205 e. The van der Waals surface area contributed by atoms with E-state index in [1.54, 1.807) is 7.11 Å². The van der Waals surface area contributed by atoms with Crippen LogP contribution < -0.4 is 20.9 Å². The summed E-state index contributed by atoms with van der Waals surface area (Å²) in [5, 5.41) is 2.14. The van der Waals surface area contributed by atoms with Gasteiger partial charge in [-0.2, -0.15) is 0 Å². The van der Waals surface area contributed by atoms with Gasteiger partial charge >= 0.3 is 0 Å². The zero-order valence-electron chi connectivity index (χ0n) is 10.6. The van der Waals surface area contributed by atoms with Crippen molar-refractivity contribution in [3.63, 3.8) is 0 Å². The third-order valence-electron chi connectivity index (χ3n) is 3.23. The molecule has 0 unspecified atom stereocenters. The monoisotopic (exact) mass is 277 g/mol. The molecule has 0 fully saturated rings. The Morgan fingerprint density at radius 2 is 2.37 bits per heavy atom. The SMILES string of the molecule is COc1c(NN)ncnc1N1CCc2sccc2C1. The molecule has 0 spiro atoms. The predicted molar refractivity (Wildman–Crippen MR) is 75.5 cm³/mol. The second-order valence-electron chi connectivity index (χ2n) is 4.26. The van der Waals surface area contributed by atoms with Gasteiger partial charge in [-0.1, -0.05) is 0 Å². The Hall–Kier alpha value is -1.86. The zero-order chi connectivity index (χ0) is 13.2. The average Bonchev–Trinajstić information content (AvgIpc) is 2.93. The number of methoxy groups -OCH3 is 1. The van der Waals surface area contributed by atoms with E-state index in [9.17, 15) is 0 Å². The number of nitrogens with one attached hydrogen (secondary N) is 1. The van der Waals surface area contributed by atoms with Crippen LogP contribution in [0.1, 0.15) is 10.4 Å². The molecule has 3 heterocycles. The zero-order valence-corrected chi connectivity index (χ0v) is 11.4. The van der Waals surface area contributed by atoms with Crippen LogP contribution in [0.4, 0.5) is 11.6 Å². The van der Waals surface area contributed by atoms with E-state index in [-0.39, 0.29) is 0 Å². The molecule has 0 radical (unpaired) electrons. The van der Waals surface area contributed by atoms with Gasteiger partial charge in [0.2, 0.25) is 5.75 Å². The maximum absolute atomic E-state index is 5.45. The summed E-state index contributed by atoms with van der Waals surface area (Å²) in [7, 11) is 1.60. The third-order valence-corrected chi connectivity index (χ3v) is 4.26. The first kappa shape index (κ1) is 12.2. The van der Waals surface area contributed by atoms with Gasteiger partial charge in [-0.25, -0.2) is 15.8 Å². The molecule has 2 aromatic rings. The van der Waals surface area contributed by atoms with Crippen molar-refractivity contribution in [1.82, 2.24) is 9.97 Å². The maximum Gasteiger partial charge on any atom is 0.205 e. The molecule has 3 rings (SSSR count). The minimum atomic E-state index is 0.503. The molecule has 1 aliphatic rings. The standard InChI is InChI=1S/C12H15N5OS/c1-18-10-11(16-13)14-7-15-12(10)17-4-2-9-8(6-17)3-5-19-9/h3,5,7H,2,4,6,13H2,1H3,(H,14,15,16). The molecule has 0 saturated carbocycles. The highest BCUT2D eigenvalue weighted by molar-refractivity contribution is 7.10. The Balaban J connectivity index is 1.95. The van der Waals surface area contributed by atoms with Gasteiger partial charge in [-0.15, -0.1) is 11.3 Å². The predicted octanol–water partition coefficient (Wildman–Crippen LogP) is 1.39. The first-order valence-electron chi connectivity index (χ1n) is 5.99. The van der Waals surface area contributed by atoms with Crippen molar-refractivity contribution in [1.29, 1.82) is 0 Å². The van der Waals surface area contributed by atoms with Crippen LogP contribution in [0.3, 0.4) is 0 Å². The summed E-state index contributed by atoms with van der Waals surface area (Å²) in [4.78, 5) is 12.0. The highest BCUT2D eigenvalue weighted by Crippen LogP contribution is 2.35. The molecule has 0 bridgehead atoms.